The summed E-state index contributed by atoms with van der Waals surface area (Å²) in [5, 5.41) is 3.14. The van der Waals surface area contributed by atoms with Crippen molar-refractivity contribution in [2.45, 2.75) is 19.3 Å². The predicted octanol–water partition coefficient (Wildman–Crippen LogP) is 1.49. The van der Waals surface area contributed by atoms with Crippen molar-refractivity contribution < 1.29 is 0 Å². The van der Waals surface area contributed by atoms with E-state index in [0.717, 1.165) is 12.5 Å². The molecule has 1 unspecified atom stereocenters. The maximum Gasteiger partial charge on any atom is 0.00100 e. The third-order valence-corrected chi connectivity index (χ3v) is 2.69. The molecule has 2 nitrogen and oxygen atoms in total. The molecule has 76 valence electrons. The van der Waals surface area contributed by atoms with Crippen molar-refractivity contribution in [3.63, 3.8) is 0 Å². The lowest BCUT2D eigenvalue weighted by molar-refractivity contribution is 0.396. The first kappa shape index (κ1) is 10.7. The van der Waals surface area contributed by atoms with E-state index >= 15 is 0 Å². The van der Waals surface area contributed by atoms with Gasteiger partial charge in [0.25, 0.3) is 0 Å². The minimum atomic E-state index is 0.913. The van der Waals surface area contributed by atoms with E-state index in [0.29, 0.717) is 0 Å². The first-order valence-corrected chi connectivity index (χ1v) is 5.31. The van der Waals surface area contributed by atoms with Gasteiger partial charge in [-0.15, -0.1) is 0 Å². The van der Waals surface area contributed by atoms with Crippen molar-refractivity contribution in [2.24, 2.45) is 5.92 Å². The number of rotatable bonds is 5. The van der Waals surface area contributed by atoms with Crippen molar-refractivity contribution in [1.82, 2.24) is 10.2 Å². The molecule has 1 saturated heterocycles. The Labute approximate surface area is 82.0 Å². The summed E-state index contributed by atoms with van der Waals surface area (Å²) < 4.78 is 0. The van der Waals surface area contributed by atoms with E-state index in [1.54, 1.807) is 0 Å². The molecule has 13 heavy (non-hydrogen) atoms. The van der Waals surface area contributed by atoms with Crippen molar-refractivity contribution in [1.29, 1.82) is 0 Å². The quantitative estimate of drug-likeness (QED) is 0.512. The van der Waals surface area contributed by atoms with Crippen LogP contribution in [0, 0.1) is 5.92 Å². The predicted molar refractivity (Wildman–Crippen MR) is 57.9 cm³/mol. The Kier molecular flexibility index (Phi) is 5.09. The zero-order valence-electron chi connectivity index (χ0n) is 8.92. The molecular weight excluding hydrogens is 160 g/mol. The second-order valence-corrected chi connectivity index (χ2v) is 4.02. The molecule has 0 spiro atoms. The third kappa shape index (κ3) is 4.44. The van der Waals surface area contributed by atoms with Gasteiger partial charge in [-0.25, -0.2) is 0 Å². The summed E-state index contributed by atoms with van der Waals surface area (Å²) in [6, 6.07) is 0. The summed E-state index contributed by atoms with van der Waals surface area (Å²) in [5.41, 5.74) is 0. The van der Waals surface area contributed by atoms with E-state index < -0.39 is 0 Å². The van der Waals surface area contributed by atoms with Crippen LogP contribution in [0.3, 0.4) is 0 Å². The van der Waals surface area contributed by atoms with Crippen LogP contribution >= 0.6 is 0 Å². The highest BCUT2D eigenvalue weighted by Gasteiger charge is 2.17. The second kappa shape index (κ2) is 6.17. The number of hydrogen-bond acceptors (Lipinski definition) is 2. The lowest BCUT2D eigenvalue weighted by Gasteiger charge is -2.06. The van der Waals surface area contributed by atoms with E-state index in [9.17, 15) is 0 Å². The Balaban J connectivity index is 2.02. The molecule has 0 aromatic carbocycles. The van der Waals surface area contributed by atoms with Crippen molar-refractivity contribution >= 4 is 0 Å². The largest absolute Gasteiger partial charge is 0.319 e. The molecule has 0 radical (unpaired) electrons. The minimum Gasteiger partial charge on any atom is -0.319 e. The van der Waals surface area contributed by atoms with Gasteiger partial charge in [-0.05, 0) is 52.4 Å². The number of nitrogens with one attached hydrogen (secondary N) is 1. The molecular formula is C11H22N2. The molecule has 1 atom stereocenters. The fourth-order valence-electron chi connectivity index (χ4n) is 1.85. The Bertz CT molecular complexity index is 154. The second-order valence-electron chi connectivity index (χ2n) is 4.02. The van der Waals surface area contributed by atoms with Crippen molar-refractivity contribution in [2.75, 3.05) is 33.7 Å². The van der Waals surface area contributed by atoms with Gasteiger partial charge in [0.15, 0.2) is 0 Å². The number of nitrogens with zero attached hydrogens (tertiary/aromatic N) is 1. The molecule has 0 amide bonds. The van der Waals surface area contributed by atoms with Gasteiger partial charge in [-0.1, -0.05) is 12.2 Å². The maximum absolute atomic E-state index is 3.14. The van der Waals surface area contributed by atoms with Crippen LogP contribution in [0.1, 0.15) is 19.3 Å². The molecule has 0 aromatic rings. The Morgan fingerprint density at radius 2 is 2.31 bits per heavy atom. The lowest BCUT2D eigenvalue weighted by atomic mass is 10.0. The fourth-order valence-corrected chi connectivity index (χ4v) is 1.85. The minimum absolute atomic E-state index is 0.913. The van der Waals surface area contributed by atoms with Gasteiger partial charge in [-0.2, -0.15) is 0 Å². The highest BCUT2D eigenvalue weighted by Crippen LogP contribution is 2.18. The molecule has 1 fully saturated rings. The number of likely N-dealkylation sites (tertiary alicyclic amines) is 1. The first-order chi connectivity index (χ1) is 6.33. The van der Waals surface area contributed by atoms with E-state index in [1.807, 2.05) is 7.05 Å². The molecule has 0 aliphatic carbocycles. The van der Waals surface area contributed by atoms with E-state index in [1.165, 1.54) is 32.4 Å². The van der Waals surface area contributed by atoms with E-state index in [2.05, 4.69) is 29.4 Å². The molecule has 0 aromatic heterocycles. The van der Waals surface area contributed by atoms with Crippen LogP contribution in [-0.2, 0) is 0 Å². The highest BCUT2D eigenvalue weighted by molar-refractivity contribution is 4.87. The summed E-state index contributed by atoms with van der Waals surface area (Å²) >= 11 is 0. The van der Waals surface area contributed by atoms with E-state index in [-0.39, 0.29) is 0 Å². The zero-order valence-corrected chi connectivity index (χ0v) is 8.92. The SMILES string of the molecule is CNCC/C=C\CC1CCN(C)C1. The van der Waals surface area contributed by atoms with Crippen LogP contribution in [0.15, 0.2) is 12.2 Å². The monoisotopic (exact) mass is 182 g/mol. The topological polar surface area (TPSA) is 15.3 Å². The lowest BCUT2D eigenvalue weighted by Crippen LogP contribution is -2.13. The fraction of sp³-hybridized carbons (Fsp3) is 0.818. The van der Waals surface area contributed by atoms with Crippen LogP contribution in [0.4, 0.5) is 0 Å². The summed E-state index contributed by atoms with van der Waals surface area (Å²) in [6.07, 6.45) is 8.47. The van der Waals surface area contributed by atoms with Crippen molar-refractivity contribution in [3.05, 3.63) is 12.2 Å². The van der Waals surface area contributed by atoms with Gasteiger partial charge in [0, 0.05) is 6.54 Å². The molecule has 2 heteroatoms. The van der Waals surface area contributed by atoms with Crippen LogP contribution in [0.2, 0.25) is 0 Å². The summed E-state index contributed by atoms with van der Waals surface area (Å²) in [4.78, 5) is 2.42. The van der Waals surface area contributed by atoms with Crippen LogP contribution in [-0.4, -0.2) is 38.6 Å². The van der Waals surface area contributed by atoms with Gasteiger partial charge in [0.05, 0.1) is 0 Å². The van der Waals surface area contributed by atoms with Crippen LogP contribution in [0.25, 0.3) is 0 Å². The van der Waals surface area contributed by atoms with Crippen LogP contribution in [0.5, 0.6) is 0 Å². The van der Waals surface area contributed by atoms with Crippen molar-refractivity contribution in [3.8, 4) is 0 Å². The summed E-state index contributed by atoms with van der Waals surface area (Å²) in [7, 11) is 4.21. The molecule has 1 aliphatic rings. The molecule has 1 rings (SSSR count). The maximum atomic E-state index is 3.14. The normalized spacial score (nSPS) is 24.6. The average Bonchev–Trinajstić information content (AvgIpc) is 2.51. The Hall–Kier alpha value is -0.340. The van der Waals surface area contributed by atoms with Gasteiger partial charge in [0.2, 0.25) is 0 Å². The summed E-state index contributed by atoms with van der Waals surface area (Å²) in [5.74, 6) is 0.913. The number of allylic oxidation sites excluding steroid dienone is 1. The smallest absolute Gasteiger partial charge is 0.00100 e. The molecule has 0 saturated carbocycles. The van der Waals surface area contributed by atoms with E-state index in [4.69, 9.17) is 0 Å². The summed E-state index contributed by atoms with van der Waals surface area (Å²) in [6.45, 7) is 3.67. The molecule has 0 bridgehead atoms. The first-order valence-electron chi connectivity index (χ1n) is 5.31. The molecule has 1 heterocycles. The van der Waals surface area contributed by atoms with Gasteiger partial charge < -0.3 is 10.2 Å². The Morgan fingerprint density at radius 3 is 2.92 bits per heavy atom. The van der Waals surface area contributed by atoms with Gasteiger partial charge in [0.1, 0.15) is 0 Å². The highest BCUT2D eigenvalue weighted by atomic mass is 15.1. The van der Waals surface area contributed by atoms with Gasteiger partial charge >= 0.3 is 0 Å². The van der Waals surface area contributed by atoms with Gasteiger partial charge in [-0.3, -0.25) is 0 Å². The molecule has 1 aliphatic heterocycles. The van der Waals surface area contributed by atoms with Crippen LogP contribution < -0.4 is 5.32 Å². The molecule has 1 N–H and O–H groups in total. The standard InChI is InChI=1S/C11H22N2/c1-12-8-5-3-4-6-11-7-9-13(2)10-11/h3-4,11-12H,5-10H2,1-2H3/b4-3-. The average molecular weight is 182 g/mol. The number of hydrogen-bond donors (Lipinski definition) is 1. The zero-order chi connectivity index (χ0) is 9.52. The third-order valence-electron chi connectivity index (χ3n) is 2.69. The Morgan fingerprint density at radius 1 is 1.46 bits per heavy atom.